The van der Waals surface area contributed by atoms with Crippen LogP contribution in [-0.2, 0) is 9.67 Å². The number of aliphatic hydroxyl groups is 1. The van der Waals surface area contributed by atoms with Crippen LogP contribution in [0.15, 0.2) is 65.9 Å². The molecule has 0 bridgehead atoms. The Bertz CT molecular complexity index is 887. The van der Waals surface area contributed by atoms with Crippen molar-refractivity contribution >= 4 is 46.4 Å². The molecule has 1 spiro atoms. The third-order valence-corrected chi connectivity index (χ3v) is 5.42. The molecular weight excluding hydrogens is 356 g/mol. The van der Waals surface area contributed by atoms with Gasteiger partial charge in [-0.15, -0.1) is 0 Å². The first kappa shape index (κ1) is 15.8. The highest BCUT2D eigenvalue weighted by molar-refractivity contribution is 8.04. The summed E-state index contributed by atoms with van der Waals surface area (Å²) in [4.78, 5) is 11.6. The zero-order valence-corrected chi connectivity index (χ0v) is 14.5. The SMILES string of the molecule is O=C1Nc2ccccc2C12SC=C(O)N2NC(=S)Nc1ccccc1. The predicted molar refractivity (Wildman–Crippen MR) is 103 cm³/mol. The Balaban J connectivity index is 1.63. The molecule has 4 rings (SSSR count). The number of para-hydroxylation sites is 2. The number of fused-ring (bicyclic) bond motifs is 2. The molecule has 2 aliphatic heterocycles. The Morgan fingerprint density at radius 2 is 1.88 bits per heavy atom. The lowest BCUT2D eigenvalue weighted by atomic mass is 10.1. The molecule has 0 radical (unpaired) electrons. The summed E-state index contributed by atoms with van der Waals surface area (Å²) in [5.74, 6) is -0.317. The lowest BCUT2D eigenvalue weighted by Gasteiger charge is -2.34. The van der Waals surface area contributed by atoms with Gasteiger partial charge in [-0.05, 0) is 30.4 Å². The number of nitrogens with one attached hydrogen (secondary N) is 3. The van der Waals surface area contributed by atoms with Gasteiger partial charge >= 0.3 is 0 Å². The van der Waals surface area contributed by atoms with E-state index in [1.54, 1.807) is 0 Å². The second-order valence-corrected chi connectivity index (χ2v) is 6.98. The zero-order valence-electron chi connectivity index (χ0n) is 12.9. The van der Waals surface area contributed by atoms with Crippen molar-refractivity contribution in [3.63, 3.8) is 0 Å². The molecule has 4 N–H and O–H groups in total. The van der Waals surface area contributed by atoms with Gasteiger partial charge in [0.15, 0.2) is 5.11 Å². The van der Waals surface area contributed by atoms with Crippen LogP contribution in [0.5, 0.6) is 0 Å². The van der Waals surface area contributed by atoms with E-state index in [0.717, 1.165) is 16.9 Å². The van der Waals surface area contributed by atoms with Gasteiger partial charge in [0.25, 0.3) is 5.91 Å². The number of hydrogen-bond donors (Lipinski definition) is 4. The number of carbonyl (C=O) groups excluding carboxylic acids is 1. The molecule has 0 saturated heterocycles. The predicted octanol–water partition coefficient (Wildman–Crippen LogP) is 3.10. The Morgan fingerprint density at radius 1 is 1.16 bits per heavy atom. The van der Waals surface area contributed by atoms with Crippen LogP contribution in [0.2, 0.25) is 0 Å². The molecule has 2 aromatic carbocycles. The highest BCUT2D eigenvalue weighted by atomic mass is 32.2. The Labute approximate surface area is 153 Å². The summed E-state index contributed by atoms with van der Waals surface area (Å²) in [5, 5.41) is 19.4. The first-order chi connectivity index (χ1) is 12.1. The highest BCUT2D eigenvalue weighted by Gasteiger charge is 2.56. The minimum absolute atomic E-state index is 0.0749. The van der Waals surface area contributed by atoms with Gasteiger partial charge in [0.1, 0.15) is 0 Å². The fourth-order valence-electron chi connectivity index (χ4n) is 2.88. The van der Waals surface area contributed by atoms with E-state index in [0.29, 0.717) is 0 Å². The van der Waals surface area contributed by atoms with Gasteiger partial charge < -0.3 is 15.7 Å². The quantitative estimate of drug-likeness (QED) is 0.605. The third kappa shape index (κ3) is 2.50. The van der Waals surface area contributed by atoms with E-state index in [1.807, 2.05) is 54.6 Å². The van der Waals surface area contributed by atoms with Crippen LogP contribution < -0.4 is 16.1 Å². The van der Waals surface area contributed by atoms with Crippen LogP contribution in [0.3, 0.4) is 0 Å². The molecular formula is C17H14N4O2S2. The molecule has 25 heavy (non-hydrogen) atoms. The van der Waals surface area contributed by atoms with E-state index >= 15 is 0 Å². The number of amides is 1. The molecule has 1 unspecified atom stereocenters. The summed E-state index contributed by atoms with van der Waals surface area (Å²) < 4.78 is 0. The number of benzene rings is 2. The van der Waals surface area contributed by atoms with E-state index in [-0.39, 0.29) is 16.9 Å². The second kappa shape index (κ2) is 5.98. The van der Waals surface area contributed by atoms with Crippen molar-refractivity contribution < 1.29 is 9.90 Å². The van der Waals surface area contributed by atoms with Crippen LogP contribution in [0.1, 0.15) is 5.56 Å². The molecule has 1 amide bonds. The lowest BCUT2D eigenvalue weighted by Crippen LogP contribution is -2.54. The fraction of sp³-hybridized carbons (Fsp3) is 0.0588. The maximum absolute atomic E-state index is 12.7. The van der Waals surface area contributed by atoms with Gasteiger partial charge in [-0.1, -0.05) is 48.2 Å². The van der Waals surface area contributed by atoms with Crippen molar-refractivity contribution in [2.75, 3.05) is 10.6 Å². The van der Waals surface area contributed by atoms with E-state index in [4.69, 9.17) is 12.2 Å². The summed E-state index contributed by atoms with van der Waals surface area (Å²) >= 11 is 6.56. The summed E-state index contributed by atoms with van der Waals surface area (Å²) in [6, 6.07) is 16.8. The molecule has 0 fully saturated rings. The molecule has 126 valence electrons. The molecule has 2 heterocycles. The maximum atomic E-state index is 12.7. The van der Waals surface area contributed by atoms with Crippen molar-refractivity contribution in [1.82, 2.24) is 10.4 Å². The summed E-state index contributed by atoms with van der Waals surface area (Å²) in [6.45, 7) is 0. The van der Waals surface area contributed by atoms with E-state index in [1.165, 1.54) is 22.2 Å². The normalized spacial score (nSPS) is 20.9. The number of carbonyl (C=O) groups is 1. The van der Waals surface area contributed by atoms with Crippen LogP contribution in [-0.4, -0.2) is 21.1 Å². The van der Waals surface area contributed by atoms with Crippen LogP contribution in [0.4, 0.5) is 11.4 Å². The molecule has 0 saturated carbocycles. The van der Waals surface area contributed by atoms with Crippen LogP contribution in [0.25, 0.3) is 0 Å². The molecule has 0 aromatic heterocycles. The fourth-order valence-corrected chi connectivity index (χ4v) is 4.18. The average molecular weight is 370 g/mol. The first-order valence-electron chi connectivity index (χ1n) is 7.52. The Morgan fingerprint density at radius 3 is 2.68 bits per heavy atom. The average Bonchev–Trinajstić information content (AvgIpc) is 3.09. The second-order valence-electron chi connectivity index (χ2n) is 5.50. The monoisotopic (exact) mass is 370 g/mol. The van der Waals surface area contributed by atoms with Gasteiger partial charge in [-0.25, -0.2) is 5.01 Å². The summed E-state index contributed by atoms with van der Waals surface area (Å²) in [5.41, 5.74) is 5.22. The standard InChI is InChI=1S/C17H14N4O2S2/c22-14-10-25-17(12-8-4-5-9-13(12)19-15(17)23)21(14)20-16(24)18-11-6-2-1-3-7-11/h1-10,22H,(H,19,23)(H2,18,20,24). The molecule has 1 atom stereocenters. The number of thiocarbonyl (C=S) groups is 1. The van der Waals surface area contributed by atoms with Crippen molar-refractivity contribution in [2.45, 2.75) is 4.87 Å². The van der Waals surface area contributed by atoms with E-state index in [2.05, 4.69) is 16.1 Å². The number of hydrogen-bond acceptors (Lipinski definition) is 5. The topological polar surface area (TPSA) is 76.6 Å². The molecule has 2 aliphatic rings. The lowest BCUT2D eigenvalue weighted by molar-refractivity contribution is -0.123. The van der Waals surface area contributed by atoms with Crippen LogP contribution >= 0.6 is 24.0 Å². The van der Waals surface area contributed by atoms with E-state index < -0.39 is 4.87 Å². The largest absolute Gasteiger partial charge is 0.493 e. The van der Waals surface area contributed by atoms with Gasteiger partial charge in [-0.3, -0.25) is 10.2 Å². The minimum Gasteiger partial charge on any atom is -0.493 e. The first-order valence-corrected chi connectivity index (χ1v) is 8.81. The number of anilines is 2. The van der Waals surface area contributed by atoms with Crippen molar-refractivity contribution in [1.29, 1.82) is 0 Å². The van der Waals surface area contributed by atoms with Crippen molar-refractivity contribution in [3.8, 4) is 0 Å². The third-order valence-electron chi connectivity index (χ3n) is 3.97. The molecule has 6 nitrogen and oxygen atoms in total. The number of hydrazine groups is 1. The molecule has 2 aromatic rings. The number of nitrogens with zero attached hydrogens (tertiary/aromatic N) is 1. The summed E-state index contributed by atoms with van der Waals surface area (Å²) in [6.07, 6.45) is 0. The maximum Gasteiger partial charge on any atom is 0.267 e. The van der Waals surface area contributed by atoms with Gasteiger partial charge in [0.05, 0.1) is 0 Å². The number of thioether (sulfide) groups is 1. The van der Waals surface area contributed by atoms with Crippen molar-refractivity contribution in [2.24, 2.45) is 0 Å². The van der Waals surface area contributed by atoms with Crippen LogP contribution in [0, 0.1) is 0 Å². The summed E-state index contributed by atoms with van der Waals surface area (Å²) in [7, 11) is 0. The van der Waals surface area contributed by atoms with E-state index in [9.17, 15) is 9.90 Å². The van der Waals surface area contributed by atoms with Gasteiger partial charge in [0, 0.05) is 22.3 Å². The van der Waals surface area contributed by atoms with Crippen molar-refractivity contribution in [3.05, 3.63) is 71.5 Å². The molecule has 0 aliphatic carbocycles. The van der Waals surface area contributed by atoms with Gasteiger partial charge in [0.2, 0.25) is 10.8 Å². The smallest absolute Gasteiger partial charge is 0.267 e. The Hall–Kier alpha value is -2.71. The van der Waals surface area contributed by atoms with Gasteiger partial charge in [-0.2, -0.15) is 0 Å². The number of aliphatic hydroxyl groups excluding tert-OH is 1. The Kier molecular flexibility index (Phi) is 3.78. The highest BCUT2D eigenvalue weighted by Crippen LogP contribution is 2.52. The molecule has 8 heteroatoms. The number of rotatable bonds is 2. The zero-order chi connectivity index (χ0) is 17.4. The minimum atomic E-state index is -1.14.